The molecule has 1 aromatic rings. The van der Waals surface area contributed by atoms with E-state index in [-0.39, 0.29) is 44.0 Å². The smallest absolute Gasteiger partial charge is 0.399 e. The normalized spacial score (nSPS) is 23.7. The standard InChI is InChI=1S/C19H22F3N3O3/c20-19(21,22)16-2-1-8-23-18(16)24-14-7-9-25(10-14)17(27)12-28-15-5-3-13(11-26)4-6-15/h1,3-6,8,14,16,26H,2,7,9-12H2,(H,23,24)/t14-,16?/m0/s1. The molecule has 1 fully saturated rings. The summed E-state index contributed by atoms with van der Waals surface area (Å²) < 4.78 is 44.8. The molecule has 0 saturated carbocycles. The molecule has 2 heterocycles. The van der Waals surface area contributed by atoms with E-state index in [2.05, 4.69) is 10.3 Å². The van der Waals surface area contributed by atoms with Crippen molar-refractivity contribution in [3.05, 3.63) is 42.1 Å². The summed E-state index contributed by atoms with van der Waals surface area (Å²) in [7, 11) is 0. The predicted octanol–water partition coefficient (Wildman–Crippen LogP) is 2.24. The molecule has 2 N–H and O–H groups in total. The maximum absolute atomic E-state index is 13.1. The highest BCUT2D eigenvalue weighted by Crippen LogP contribution is 2.32. The van der Waals surface area contributed by atoms with Crippen molar-refractivity contribution < 1.29 is 27.8 Å². The number of aliphatic imine (C=N–C) groups is 1. The minimum Gasteiger partial charge on any atom is -0.484 e. The van der Waals surface area contributed by atoms with E-state index in [0.29, 0.717) is 18.7 Å². The van der Waals surface area contributed by atoms with Crippen molar-refractivity contribution in [1.29, 1.82) is 0 Å². The summed E-state index contributed by atoms with van der Waals surface area (Å²) in [5.74, 6) is -1.45. The summed E-state index contributed by atoms with van der Waals surface area (Å²) in [5, 5.41) is 11.6. The SMILES string of the molecule is O=C(COc1ccc(CO)cc1)N1CC[C@H](N=C2NC=CCC2C(F)(F)F)C1. The number of carbonyl (C=O) groups is 1. The zero-order chi connectivity index (χ0) is 20.1. The van der Waals surface area contributed by atoms with E-state index in [4.69, 9.17) is 9.84 Å². The van der Waals surface area contributed by atoms with Crippen LogP contribution in [0.5, 0.6) is 5.75 Å². The number of aliphatic hydroxyl groups excluding tert-OH is 1. The van der Waals surface area contributed by atoms with Gasteiger partial charge in [-0.3, -0.25) is 9.79 Å². The molecule has 2 atom stereocenters. The summed E-state index contributed by atoms with van der Waals surface area (Å²) in [5.41, 5.74) is 0.739. The number of amides is 1. The van der Waals surface area contributed by atoms with Gasteiger partial charge >= 0.3 is 6.18 Å². The number of hydrogen-bond donors (Lipinski definition) is 2. The van der Waals surface area contributed by atoms with Gasteiger partial charge in [0.2, 0.25) is 0 Å². The number of nitrogens with zero attached hydrogens (tertiary/aromatic N) is 2. The molecule has 0 aromatic heterocycles. The van der Waals surface area contributed by atoms with Crippen molar-refractivity contribution in [2.75, 3.05) is 19.7 Å². The van der Waals surface area contributed by atoms with Crippen LogP contribution < -0.4 is 10.1 Å². The molecule has 3 rings (SSSR count). The first-order chi connectivity index (χ1) is 13.4. The van der Waals surface area contributed by atoms with Crippen LogP contribution in [0.1, 0.15) is 18.4 Å². The average molecular weight is 397 g/mol. The van der Waals surface area contributed by atoms with Crippen LogP contribution in [0.15, 0.2) is 41.5 Å². The number of carbonyl (C=O) groups excluding carboxylic acids is 1. The third-order valence-corrected chi connectivity index (χ3v) is 4.75. The Kier molecular flexibility index (Phi) is 6.23. The second-order valence-electron chi connectivity index (χ2n) is 6.76. The van der Waals surface area contributed by atoms with E-state index in [1.807, 2.05) is 0 Å². The number of halogens is 3. The first-order valence-electron chi connectivity index (χ1n) is 9.03. The summed E-state index contributed by atoms with van der Waals surface area (Å²) in [4.78, 5) is 18.1. The number of likely N-dealkylation sites (tertiary alicyclic amines) is 1. The van der Waals surface area contributed by atoms with Crippen LogP contribution in [0.4, 0.5) is 13.2 Å². The third kappa shape index (κ3) is 5.03. The van der Waals surface area contributed by atoms with Crippen LogP contribution in [-0.4, -0.2) is 53.7 Å². The number of nitrogens with one attached hydrogen (secondary N) is 1. The van der Waals surface area contributed by atoms with Crippen LogP contribution in [0, 0.1) is 5.92 Å². The molecule has 0 radical (unpaired) electrons. The fourth-order valence-corrected chi connectivity index (χ4v) is 3.17. The van der Waals surface area contributed by atoms with Crippen LogP contribution in [0.25, 0.3) is 0 Å². The second-order valence-corrected chi connectivity index (χ2v) is 6.76. The number of rotatable bonds is 5. The van der Waals surface area contributed by atoms with Crippen molar-refractivity contribution in [2.45, 2.75) is 31.7 Å². The fourth-order valence-electron chi connectivity index (χ4n) is 3.17. The predicted molar refractivity (Wildman–Crippen MR) is 96.7 cm³/mol. The first-order valence-corrected chi connectivity index (χ1v) is 9.03. The molecule has 28 heavy (non-hydrogen) atoms. The lowest BCUT2D eigenvalue weighted by Crippen LogP contribution is -2.40. The van der Waals surface area contributed by atoms with Crippen molar-refractivity contribution in [3.63, 3.8) is 0 Å². The van der Waals surface area contributed by atoms with Gasteiger partial charge in [-0.05, 0) is 36.7 Å². The first kappa shape index (κ1) is 20.2. The summed E-state index contributed by atoms with van der Waals surface area (Å²) in [6.07, 6.45) is -1.07. The summed E-state index contributed by atoms with van der Waals surface area (Å²) in [6.45, 7) is 0.468. The van der Waals surface area contributed by atoms with Gasteiger partial charge in [0, 0.05) is 13.1 Å². The fraction of sp³-hybridized carbons (Fsp3) is 0.474. The van der Waals surface area contributed by atoms with Crippen molar-refractivity contribution in [1.82, 2.24) is 10.2 Å². The Balaban J connectivity index is 1.54. The Morgan fingerprint density at radius 2 is 2.07 bits per heavy atom. The lowest BCUT2D eigenvalue weighted by molar-refractivity contribution is -0.155. The monoisotopic (exact) mass is 397 g/mol. The molecule has 9 heteroatoms. The van der Waals surface area contributed by atoms with Crippen LogP contribution in [0.3, 0.4) is 0 Å². The minimum atomic E-state index is -4.36. The molecule has 2 aliphatic rings. The highest BCUT2D eigenvalue weighted by molar-refractivity contribution is 5.87. The molecule has 0 spiro atoms. The second kappa shape index (κ2) is 8.64. The summed E-state index contributed by atoms with van der Waals surface area (Å²) >= 11 is 0. The van der Waals surface area contributed by atoms with Crippen LogP contribution >= 0.6 is 0 Å². The zero-order valence-corrected chi connectivity index (χ0v) is 15.2. The van der Waals surface area contributed by atoms with E-state index in [9.17, 15) is 18.0 Å². The van der Waals surface area contributed by atoms with E-state index < -0.39 is 12.1 Å². The molecule has 1 aromatic carbocycles. The summed E-state index contributed by atoms with van der Waals surface area (Å²) in [6, 6.07) is 6.36. The van der Waals surface area contributed by atoms with E-state index >= 15 is 0 Å². The number of benzene rings is 1. The van der Waals surface area contributed by atoms with Gasteiger partial charge in [0.25, 0.3) is 5.91 Å². The molecule has 1 saturated heterocycles. The molecule has 2 aliphatic heterocycles. The van der Waals surface area contributed by atoms with Gasteiger partial charge in [-0.25, -0.2) is 0 Å². The van der Waals surface area contributed by atoms with Crippen molar-refractivity contribution in [2.24, 2.45) is 10.9 Å². The van der Waals surface area contributed by atoms with Gasteiger partial charge < -0.3 is 20.1 Å². The molecular weight excluding hydrogens is 375 g/mol. The van der Waals surface area contributed by atoms with Gasteiger partial charge in [0.1, 0.15) is 17.5 Å². The third-order valence-electron chi connectivity index (χ3n) is 4.75. The van der Waals surface area contributed by atoms with E-state index in [1.165, 1.54) is 12.3 Å². The van der Waals surface area contributed by atoms with E-state index in [0.717, 1.165) is 5.56 Å². The Morgan fingerprint density at radius 3 is 2.75 bits per heavy atom. The average Bonchev–Trinajstić information content (AvgIpc) is 3.14. The maximum Gasteiger partial charge on any atom is 0.399 e. The Hall–Kier alpha value is -2.55. The molecule has 0 bridgehead atoms. The Labute approximate surface area is 160 Å². The van der Waals surface area contributed by atoms with Gasteiger partial charge in [0.15, 0.2) is 6.61 Å². The molecular formula is C19H22F3N3O3. The molecule has 1 unspecified atom stereocenters. The van der Waals surface area contributed by atoms with Crippen molar-refractivity contribution >= 4 is 11.7 Å². The highest BCUT2D eigenvalue weighted by Gasteiger charge is 2.43. The largest absolute Gasteiger partial charge is 0.484 e. The molecule has 152 valence electrons. The van der Waals surface area contributed by atoms with Crippen molar-refractivity contribution in [3.8, 4) is 5.75 Å². The van der Waals surface area contributed by atoms with E-state index in [1.54, 1.807) is 29.2 Å². The number of alkyl halides is 3. The van der Waals surface area contributed by atoms with Gasteiger partial charge in [-0.2, -0.15) is 13.2 Å². The zero-order valence-electron chi connectivity index (χ0n) is 15.2. The lowest BCUT2D eigenvalue weighted by atomic mass is 10.0. The number of aliphatic hydroxyl groups is 1. The number of allylic oxidation sites excluding steroid dienone is 1. The number of amidine groups is 1. The number of ether oxygens (including phenoxy) is 1. The van der Waals surface area contributed by atoms with Gasteiger partial charge in [-0.1, -0.05) is 18.2 Å². The van der Waals surface area contributed by atoms with Gasteiger partial charge in [-0.15, -0.1) is 0 Å². The quantitative estimate of drug-likeness (QED) is 0.799. The molecule has 1 amide bonds. The highest BCUT2D eigenvalue weighted by atomic mass is 19.4. The minimum absolute atomic E-state index is 0.0727. The Bertz CT molecular complexity index is 747. The van der Waals surface area contributed by atoms with Gasteiger partial charge in [0.05, 0.1) is 12.6 Å². The van der Waals surface area contributed by atoms with Crippen LogP contribution in [-0.2, 0) is 11.4 Å². The van der Waals surface area contributed by atoms with Crippen LogP contribution in [0.2, 0.25) is 0 Å². The molecule has 6 nitrogen and oxygen atoms in total. The maximum atomic E-state index is 13.1. The lowest BCUT2D eigenvalue weighted by Gasteiger charge is -2.25. The topological polar surface area (TPSA) is 74.2 Å². The number of hydrogen-bond acceptors (Lipinski definition) is 4. The molecule has 0 aliphatic carbocycles. The Morgan fingerprint density at radius 1 is 1.32 bits per heavy atom.